The van der Waals surface area contributed by atoms with Crippen LogP contribution in [0.4, 0.5) is 0 Å². The van der Waals surface area contributed by atoms with Crippen molar-refractivity contribution in [3.8, 4) is 0 Å². The van der Waals surface area contributed by atoms with E-state index < -0.39 is 0 Å². The Kier molecular flexibility index (Phi) is 8.38. The van der Waals surface area contributed by atoms with Gasteiger partial charge in [-0.1, -0.05) is 20.8 Å². The van der Waals surface area contributed by atoms with Crippen molar-refractivity contribution in [2.45, 2.75) is 40.5 Å². The van der Waals surface area contributed by atoms with Crippen molar-refractivity contribution >= 4 is 5.91 Å². The molecule has 3 heteroatoms. The zero-order valence-corrected chi connectivity index (χ0v) is 10.7. The van der Waals surface area contributed by atoms with E-state index in [4.69, 9.17) is 0 Å². The Hall–Kier alpha value is -0.570. The maximum Gasteiger partial charge on any atom is 0.223 e. The molecule has 0 bridgehead atoms. The second-order valence-electron chi connectivity index (χ2n) is 3.60. The average Bonchev–Trinajstić information content (AvgIpc) is 2.32. The van der Waals surface area contributed by atoms with Gasteiger partial charge in [0.2, 0.25) is 5.91 Å². The van der Waals surface area contributed by atoms with Crippen LogP contribution in [-0.2, 0) is 4.79 Å². The van der Waals surface area contributed by atoms with E-state index >= 15 is 0 Å². The molecule has 0 radical (unpaired) electrons. The highest BCUT2D eigenvalue weighted by molar-refractivity contribution is 5.78. The van der Waals surface area contributed by atoms with Crippen molar-refractivity contribution in [2.24, 2.45) is 5.92 Å². The van der Waals surface area contributed by atoms with Crippen molar-refractivity contribution in [2.75, 3.05) is 26.2 Å². The minimum Gasteiger partial charge on any atom is -0.356 e. The molecule has 1 heterocycles. The fraction of sp³-hybridized carbons (Fsp3) is 0.917. The molecule has 1 fully saturated rings. The van der Waals surface area contributed by atoms with Crippen molar-refractivity contribution in [3.63, 3.8) is 0 Å². The zero-order valence-electron chi connectivity index (χ0n) is 10.7. The van der Waals surface area contributed by atoms with Crippen molar-refractivity contribution in [3.05, 3.63) is 0 Å². The lowest BCUT2D eigenvalue weighted by atomic mass is 9.96. The number of carbonyl (C=O) groups excluding carboxylic acids is 1. The predicted octanol–water partition coefficient (Wildman–Crippen LogP) is 2.13. The molecule has 0 aromatic rings. The van der Waals surface area contributed by atoms with E-state index in [1.165, 1.54) is 0 Å². The fourth-order valence-electron chi connectivity index (χ4n) is 1.83. The Morgan fingerprint density at radius 3 is 2.27 bits per heavy atom. The molecule has 0 aliphatic carbocycles. The molecule has 1 N–H and O–H groups in total. The largest absolute Gasteiger partial charge is 0.356 e. The van der Waals surface area contributed by atoms with E-state index in [-0.39, 0.29) is 13.3 Å². The molecule has 1 aliphatic rings. The van der Waals surface area contributed by atoms with Crippen molar-refractivity contribution < 1.29 is 6.22 Å². The summed E-state index contributed by atoms with van der Waals surface area (Å²) in [5.41, 5.74) is 0. The van der Waals surface area contributed by atoms with E-state index in [0.717, 1.165) is 39.0 Å². The smallest absolute Gasteiger partial charge is 0.223 e. The molecule has 0 spiro atoms. The van der Waals surface area contributed by atoms with Crippen LogP contribution in [0.1, 0.15) is 42.0 Å². The first-order chi connectivity index (χ1) is 7.27. The maximum atomic E-state index is 11.5. The van der Waals surface area contributed by atoms with Gasteiger partial charge in [0, 0.05) is 13.9 Å². The van der Waals surface area contributed by atoms with Crippen LogP contribution >= 0.6 is 0 Å². The van der Waals surface area contributed by atoms with Crippen LogP contribution in [0.2, 0.25) is 0 Å². The number of rotatable bonds is 3. The number of hydrogen-bond donors (Lipinski definition) is 1. The topological polar surface area (TPSA) is 32.3 Å². The maximum absolute atomic E-state index is 11.5. The molecule has 0 atom stereocenters. The first kappa shape index (κ1) is 14.4. The minimum atomic E-state index is 0. The van der Waals surface area contributed by atoms with Crippen LogP contribution in [0.15, 0.2) is 0 Å². The van der Waals surface area contributed by atoms with Crippen molar-refractivity contribution in [1.29, 1.82) is 0 Å². The summed E-state index contributed by atoms with van der Waals surface area (Å²) in [6.45, 7) is 12.2. The highest BCUT2D eigenvalue weighted by Crippen LogP contribution is 2.16. The van der Waals surface area contributed by atoms with E-state index in [2.05, 4.69) is 17.1 Å². The Labute approximate surface area is 95.7 Å². The summed E-state index contributed by atoms with van der Waals surface area (Å²) in [5.74, 6) is 0.515. The molecular formula is C12H28N2O. The van der Waals surface area contributed by atoms with Gasteiger partial charge in [-0.15, -0.1) is 0 Å². The number of carbonyl (C=O) groups is 1. The van der Waals surface area contributed by atoms with Crippen LogP contribution in [0, 0.1) is 5.92 Å². The lowest BCUT2D eigenvalue weighted by Crippen LogP contribution is -2.40. The molecule has 1 rings (SSSR count). The van der Waals surface area contributed by atoms with Gasteiger partial charge in [0.1, 0.15) is 0 Å². The van der Waals surface area contributed by atoms with Crippen molar-refractivity contribution in [1.82, 2.24) is 10.2 Å². The van der Waals surface area contributed by atoms with E-state index in [0.29, 0.717) is 0 Å². The quantitative estimate of drug-likeness (QED) is 0.784. The summed E-state index contributed by atoms with van der Waals surface area (Å²) in [6, 6.07) is 0. The SMILES string of the molecule is CC.CCNC(=O)C1CCN(CC)CC1.[HH]. The molecule has 0 aromatic carbocycles. The highest BCUT2D eigenvalue weighted by atomic mass is 16.1. The van der Waals surface area contributed by atoms with E-state index in [1.54, 1.807) is 0 Å². The summed E-state index contributed by atoms with van der Waals surface area (Å²) in [7, 11) is 0. The third kappa shape index (κ3) is 5.17. The number of nitrogens with one attached hydrogen (secondary N) is 1. The Balaban J connectivity index is 0. The fourth-order valence-corrected chi connectivity index (χ4v) is 1.83. The van der Waals surface area contributed by atoms with Gasteiger partial charge in [0.15, 0.2) is 0 Å². The first-order valence-corrected chi connectivity index (χ1v) is 6.28. The van der Waals surface area contributed by atoms with Gasteiger partial charge in [-0.05, 0) is 39.4 Å². The van der Waals surface area contributed by atoms with E-state index in [1.807, 2.05) is 20.8 Å². The summed E-state index contributed by atoms with van der Waals surface area (Å²) in [4.78, 5) is 13.9. The Bertz CT molecular complexity index is 168. The van der Waals surface area contributed by atoms with Gasteiger partial charge in [-0.3, -0.25) is 4.79 Å². The lowest BCUT2D eigenvalue weighted by Gasteiger charge is -2.30. The van der Waals surface area contributed by atoms with Gasteiger partial charge < -0.3 is 10.2 Å². The Morgan fingerprint density at radius 1 is 1.33 bits per heavy atom. The molecule has 1 aliphatic heterocycles. The zero-order chi connectivity index (χ0) is 11.7. The van der Waals surface area contributed by atoms with Crippen LogP contribution in [-0.4, -0.2) is 37.0 Å². The van der Waals surface area contributed by atoms with Gasteiger partial charge in [0.25, 0.3) is 0 Å². The number of amides is 1. The van der Waals surface area contributed by atoms with Gasteiger partial charge in [-0.2, -0.15) is 0 Å². The number of likely N-dealkylation sites (tertiary alicyclic amines) is 1. The number of piperidine rings is 1. The number of nitrogens with zero attached hydrogens (tertiary/aromatic N) is 1. The van der Waals surface area contributed by atoms with Crippen LogP contribution in [0.5, 0.6) is 0 Å². The molecule has 1 amide bonds. The standard InChI is InChI=1S/C10H20N2O.C2H6.H2/c1-3-11-10(13)9-5-7-12(4-2)8-6-9;1-2;/h9H,3-8H2,1-2H3,(H,11,13);1-2H3;1H. The third-order valence-corrected chi connectivity index (χ3v) is 2.76. The summed E-state index contributed by atoms with van der Waals surface area (Å²) in [6.07, 6.45) is 2.05. The van der Waals surface area contributed by atoms with Crippen LogP contribution < -0.4 is 5.32 Å². The second kappa shape index (κ2) is 8.72. The molecular weight excluding hydrogens is 188 g/mol. The van der Waals surface area contributed by atoms with Gasteiger partial charge in [0.05, 0.1) is 0 Å². The van der Waals surface area contributed by atoms with Gasteiger partial charge in [-0.25, -0.2) is 0 Å². The highest BCUT2D eigenvalue weighted by Gasteiger charge is 2.23. The molecule has 0 aromatic heterocycles. The monoisotopic (exact) mass is 216 g/mol. The van der Waals surface area contributed by atoms with Gasteiger partial charge >= 0.3 is 0 Å². The number of hydrogen-bond acceptors (Lipinski definition) is 2. The molecule has 1 saturated heterocycles. The van der Waals surface area contributed by atoms with Crippen LogP contribution in [0.3, 0.4) is 0 Å². The summed E-state index contributed by atoms with van der Waals surface area (Å²) >= 11 is 0. The molecule has 15 heavy (non-hydrogen) atoms. The Morgan fingerprint density at radius 2 is 1.87 bits per heavy atom. The van der Waals surface area contributed by atoms with Crippen LogP contribution in [0.25, 0.3) is 0 Å². The molecule has 3 nitrogen and oxygen atoms in total. The van der Waals surface area contributed by atoms with E-state index in [9.17, 15) is 4.79 Å². The molecule has 0 unspecified atom stereocenters. The normalized spacial score (nSPS) is 17.9. The summed E-state index contributed by atoms with van der Waals surface area (Å²) < 4.78 is 0. The third-order valence-electron chi connectivity index (χ3n) is 2.76. The first-order valence-electron chi connectivity index (χ1n) is 6.28. The minimum absolute atomic E-state index is 0. The second-order valence-corrected chi connectivity index (χ2v) is 3.60. The lowest BCUT2D eigenvalue weighted by molar-refractivity contribution is -0.126. The predicted molar refractivity (Wildman–Crippen MR) is 67.0 cm³/mol. The molecule has 92 valence electrons. The average molecular weight is 216 g/mol. The molecule has 0 saturated carbocycles. The summed E-state index contributed by atoms with van der Waals surface area (Å²) in [5, 5.41) is 2.89.